The quantitative estimate of drug-likeness (QED) is 0.551. The smallest absolute Gasteiger partial charge is 0.168 e. The fraction of sp³-hybridized carbons (Fsp3) is 0.625. The average molecular weight is 248 g/mol. The van der Waals surface area contributed by atoms with E-state index in [2.05, 4.69) is 26.0 Å². The minimum absolute atomic E-state index is 0.671. The molecule has 1 aliphatic rings. The summed E-state index contributed by atoms with van der Waals surface area (Å²) in [6, 6.07) is 6.48. The summed E-state index contributed by atoms with van der Waals surface area (Å²) in [4.78, 5) is 10.1. The Morgan fingerprint density at radius 2 is 2.06 bits per heavy atom. The van der Waals surface area contributed by atoms with Gasteiger partial charge in [0.25, 0.3) is 0 Å². The number of aryl methyl sites for hydroxylation is 1. The molecule has 1 heterocycles. The van der Waals surface area contributed by atoms with Gasteiger partial charge in [0.2, 0.25) is 0 Å². The first-order valence-electron chi connectivity index (χ1n) is 7.17. The summed E-state index contributed by atoms with van der Waals surface area (Å²) in [5.74, 6) is 1.73. The van der Waals surface area contributed by atoms with Crippen LogP contribution in [0, 0.1) is 5.92 Å². The first-order valence-corrected chi connectivity index (χ1v) is 7.17. The van der Waals surface area contributed by atoms with Crippen molar-refractivity contribution < 1.29 is 9.78 Å². The molecular weight excluding hydrogens is 224 g/mol. The molecule has 0 spiro atoms. The lowest BCUT2D eigenvalue weighted by atomic mass is 10.00. The Morgan fingerprint density at radius 1 is 1.17 bits per heavy atom. The Labute approximate surface area is 110 Å². The van der Waals surface area contributed by atoms with Crippen LogP contribution in [-0.4, -0.2) is 6.61 Å². The fourth-order valence-electron chi connectivity index (χ4n) is 2.38. The van der Waals surface area contributed by atoms with Gasteiger partial charge in [-0.1, -0.05) is 45.2 Å². The maximum atomic E-state index is 5.15. The third-order valence-electron chi connectivity index (χ3n) is 3.48. The van der Waals surface area contributed by atoms with E-state index in [0.717, 1.165) is 18.1 Å². The molecule has 0 atom stereocenters. The van der Waals surface area contributed by atoms with Crippen molar-refractivity contribution in [1.82, 2.24) is 0 Å². The highest BCUT2D eigenvalue weighted by Gasteiger charge is 2.11. The van der Waals surface area contributed by atoms with E-state index in [-0.39, 0.29) is 0 Å². The Kier molecular flexibility index (Phi) is 5.06. The summed E-state index contributed by atoms with van der Waals surface area (Å²) < 4.78 is 0. The highest BCUT2D eigenvalue weighted by atomic mass is 17.2. The second kappa shape index (κ2) is 6.79. The van der Waals surface area contributed by atoms with Crippen LogP contribution in [0.5, 0.6) is 5.75 Å². The molecule has 1 aromatic carbocycles. The van der Waals surface area contributed by atoms with Gasteiger partial charge in [-0.2, -0.15) is 4.89 Å². The second-order valence-electron chi connectivity index (χ2n) is 5.59. The van der Waals surface area contributed by atoms with E-state index in [4.69, 9.17) is 9.78 Å². The molecule has 2 rings (SSSR count). The number of unbranched alkanes of at least 4 members (excludes halogenated alkanes) is 2. The van der Waals surface area contributed by atoms with Crippen molar-refractivity contribution in [2.75, 3.05) is 6.61 Å². The lowest BCUT2D eigenvalue weighted by molar-refractivity contribution is -0.215. The van der Waals surface area contributed by atoms with E-state index in [1.165, 1.54) is 43.2 Å². The molecule has 0 N–H and O–H groups in total. The lowest BCUT2D eigenvalue weighted by Gasteiger charge is -2.16. The molecule has 100 valence electrons. The molecule has 18 heavy (non-hydrogen) atoms. The van der Waals surface area contributed by atoms with Gasteiger partial charge < -0.3 is 4.89 Å². The average Bonchev–Trinajstić information content (AvgIpc) is 2.38. The van der Waals surface area contributed by atoms with Gasteiger partial charge in [0.15, 0.2) is 5.75 Å². The van der Waals surface area contributed by atoms with Crippen LogP contribution in [0.2, 0.25) is 0 Å². The molecule has 0 unspecified atom stereocenters. The molecule has 1 aliphatic heterocycles. The summed E-state index contributed by atoms with van der Waals surface area (Å²) in [7, 11) is 0. The van der Waals surface area contributed by atoms with E-state index in [1.807, 2.05) is 6.07 Å². The Hall–Kier alpha value is -1.02. The number of rotatable bonds is 6. The Bertz CT molecular complexity index is 371. The van der Waals surface area contributed by atoms with Crippen molar-refractivity contribution in [3.8, 4) is 5.75 Å². The van der Waals surface area contributed by atoms with Crippen molar-refractivity contribution in [1.29, 1.82) is 0 Å². The summed E-state index contributed by atoms with van der Waals surface area (Å²) in [5, 5.41) is 0. The van der Waals surface area contributed by atoms with E-state index < -0.39 is 0 Å². The SMILES string of the molecule is CC(C)CCCCCc1ccc2c(c1)CCOO2. The molecule has 0 radical (unpaired) electrons. The number of fused-ring (bicyclic) bond motifs is 1. The summed E-state index contributed by atoms with van der Waals surface area (Å²) >= 11 is 0. The molecular formula is C16H24O2. The van der Waals surface area contributed by atoms with E-state index in [9.17, 15) is 0 Å². The number of hydrogen-bond donors (Lipinski definition) is 0. The molecule has 1 aromatic rings. The molecule has 0 saturated heterocycles. The van der Waals surface area contributed by atoms with Crippen molar-refractivity contribution in [3.63, 3.8) is 0 Å². The zero-order chi connectivity index (χ0) is 12.8. The third kappa shape index (κ3) is 4.02. The summed E-state index contributed by atoms with van der Waals surface area (Å²) in [6.07, 6.45) is 7.51. The van der Waals surface area contributed by atoms with E-state index in [1.54, 1.807) is 0 Å². The zero-order valence-electron chi connectivity index (χ0n) is 11.6. The maximum Gasteiger partial charge on any atom is 0.168 e. The largest absolute Gasteiger partial charge is 0.337 e. The molecule has 2 nitrogen and oxygen atoms in total. The van der Waals surface area contributed by atoms with Crippen LogP contribution < -0.4 is 4.89 Å². The zero-order valence-corrected chi connectivity index (χ0v) is 11.6. The van der Waals surface area contributed by atoms with E-state index >= 15 is 0 Å². The molecule has 0 aromatic heterocycles. The third-order valence-corrected chi connectivity index (χ3v) is 3.48. The van der Waals surface area contributed by atoms with Gasteiger partial charge in [-0.05, 0) is 30.4 Å². The Morgan fingerprint density at radius 3 is 2.89 bits per heavy atom. The minimum Gasteiger partial charge on any atom is -0.337 e. The van der Waals surface area contributed by atoms with Crippen molar-refractivity contribution in [3.05, 3.63) is 29.3 Å². The Balaban J connectivity index is 1.76. The predicted octanol–water partition coefficient (Wildman–Crippen LogP) is 4.31. The van der Waals surface area contributed by atoms with Crippen LogP contribution in [0.1, 0.15) is 50.7 Å². The summed E-state index contributed by atoms with van der Waals surface area (Å²) in [5.41, 5.74) is 2.73. The molecule has 2 heteroatoms. The number of hydrogen-bond acceptors (Lipinski definition) is 2. The summed E-state index contributed by atoms with van der Waals surface area (Å²) in [6.45, 7) is 5.27. The molecule has 0 aliphatic carbocycles. The monoisotopic (exact) mass is 248 g/mol. The van der Waals surface area contributed by atoms with Crippen LogP contribution in [0.4, 0.5) is 0 Å². The molecule has 0 saturated carbocycles. The molecule has 0 bridgehead atoms. The van der Waals surface area contributed by atoms with Crippen LogP contribution in [0.15, 0.2) is 18.2 Å². The van der Waals surface area contributed by atoms with Crippen molar-refractivity contribution >= 4 is 0 Å². The van der Waals surface area contributed by atoms with Gasteiger partial charge in [0, 0.05) is 12.0 Å². The predicted molar refractivity (Wildman–Crippen MR) is 73.7 cm³/mol. The van der Waals surface area contributed by atoms with Crippen LogP contribution >= 0.6 is 0 Å². The highest BCUT2D eigenvalue weighted by molar-refractivity contribution is 5.37. The van der Waals surface area contributed by atoms with Crippen molar-refractivity contribution in [2.45, 2.75) is 52.4 Å². The second-order valence-corrected chi connectivity index (χ2v) is 5.59. The van der Waals surface area contributed by atoms with Crippen LogP contribution in [0.3, 0.4) is 0 Å². The van der Waals surface area contributed by atoms with Gasteiger partial charge in [-0.25, -0.2) is 0 Å². The van der Waals surface area contributed by atoms with Crippen LogP contribution in [0.25, 0.3) is 0 Å². The molecule has 0 amide bonds. The van der Waals surface area contributed by atoms with Gasteiger partial charge in [0.05, 0.1) is 6.61 Å². The van der Waals surface area contributed by atoms with Gasteiger partial charge in [0.1, 0.15) is 0 Å². The lowest BCUT2D eigenvalue weighted by Crippen LogP contribution is -2.11. The number of benzene rings is 1. The standard InChI is InChI=1S/C16H24O2/c1-13(2)6-4-3-5-7-14-8-9-16-15(12-14)10-11-17-18-16/h8-9,12-13H,3-7,10-11H2,1-2H3. The van der Waals surface area contributed by atoms with Gasteiger partial charge in [-0.15, -0.1) is 0 Å². The van der Waals surface area contributed by atoms with Gasteiger partial charge >= 0.3 is 0 Å². The van der Waals surface area contributed by atoms with Gasteiger partial charge in [-0.3, -0.25) is 0 Å². The highest BCUT2D eigenvalue weighted by Crippen LogP contribution is 2.25. The first kappa shape index (κ1) is 13.4. The normalized spacial score (nSPS) is 14.4. The first-order chi connectivity index (χ1) is 8.75. The fourth-order valence-corrected chi connectivity index (χ4v) is 2.38. The van der Waals surface area contributed by atoms with E-state index in [0.29, 0.717) is 6.61 Å². The molecule has 0 fully saturated rings. The maximum absolute atomic E-state index is 5.15. The van der Waals surface area contributed by atoms with Crippen molar-refractivity contribution in [2.24, 2.45) is 5.92 Å². The van der Waals surface area contributed by atoms with Crippen LogP contribution in [-0.2, 0) is 17.7 Å². The minimum atomic E-state index is 0.671. The topological polar surface area (TPSA) is 18.5 Å².